The Hall–Kier alpha value is -1.29. The lowest BCUT2D eigenvalue weighted by molar-refractivity contribution is 0.687. The van der Waals surface area contributed by atoms with Crippen LogP contribution in [0.1, 0.15) is 19.4 Å². The van der Waals surface area contributed by atoms with Gasteiger partial charge in [-0.2, -0.15) is 5.10 Å². The van der Waals surface area contributed by atoms with Gasteiger partial charge in [-0.1, -0.05) is 13.8 Å². The summed E-state index contributed by atoms with van der Waals surface area (Å²) in [6.07, 6.45) is 0. The first-order valence-corrected chi connectivity index (χ1v) is 6.38. The summed E-state index contributed by atoms with van der Waals surface area (Å²) in [7, 11) is 0. The standard InChI is InChI=1S/C12H17N3S/c1-8(2)7-13-11-6-10(14-15-11)12-9(3)4-5-16-12/h4-6,8H,7H2,1-3H3,(H2,13,14,15). The van der Waals surface area contributed by atoms with Crippen LogP contribution in [-0.4, -0.2) is 16.7 Å². The molecule has 2 rings (SSSR count). The van der Waals surface area contributed by atoms with Gasteiger partial charge >= 0.3 is 0 Å². The first kappa shape index (κ1) is 11.2. The highest BCUT2D eigenvalue weighted by atomic mass is 32.1. The summed E-state index contributed by atoms with van der Waals surface area (Å²) in [5.74, 6) is 1.56. The number of rotatable bonds is 4. The summed E-state index contributed by atoms with van der Waals surface area (Å²) in [6, 6.07) is 4.20. The lowest BCUT2D eigenvalue weighted by Gasteiger charge is -2.04. The fraction of sp³-hybridized carbons (Fsp3) is 0.417. The van der Waals surface area contributed by atoms with Crippen molar-refractivity contribution in [3.05, 3.63) is 23.1 Å². The molecule has 0 bridgehead atoms. The van der Waals surface area contributed by atoms with Crippen LogP contribution in [-0.2, 0) is 0 Å². The number of anilines is 1. The highest BCUT2D eigenvalue weighted by Crippen LogP contribution is 2.28. The van der Waals surface area contributed by atoms with Crippen LogP contribution < -0.4 is 5.32 Å². The first-order valence-electron chi connectivity index (χ1n) is 5.50. The van der Waals surface area contributed by atoms with Gasteiger partial charge in [0.05, 0.1) is 10.6 Å². The average Bonchev–Trinajstić information content (AvgIpc) is 2.83. The zero-order chi connectivity index (χ0) is 11.5. The van der Waals surface area contributed by atoms with Crippen LogP contribution in [0.3, 0.4) is 0 Å². The quantitative estimate of drug-likeness (QED) is 0.851. The van der Waals surface area contributed by atoms with E-state index in [0.717, 1.165) is 18.1 Å². The van der Waals surface area contributed by atoms with E-state index in [1.54, 1.807) is 11.3 Å². The van der Waals surface area contributed by atoms with Gasteiger partial charge in [0.25, 0.3) is 0 Å². The minimum absolute atomic E-state index is 0.628. The molecule has 3 nitrogen and oxygen atoms in total. The number of hydrogen-bond donors (Lipinski definition) is 2. The van der Waals surface area contributed by atoms with Crippen molar-refractivity contribution in [2.45, 2.75) is 20.8 Å². The molecule has 0 radical (unpaired) electrons. The van der Waals surface area contributed by atoms with Crippen molar-refractivity contribution in [3.8, 4) is 10.6 Å². The van der Waals surface area contributed by atoms with E-state index in [1.807, 2.05) is 0 Å². The zero-order valence-corrected chi connectivity index (χ0v) is 10.7. The predicted octanol–water partition coefficient (Wildman–Crippen LogP) is 3.51. The Morgan fingerprint density at radius 2 is 2.31 bits per heavy atom. The van der Waals surface area contributed by atoms with Crippen LogP contribution in [0.4, 0.5) is 5.82 Å². The molecule has 86 valence electrons. The zero-order valence-electron chi connectivity index (χ0n) is 9.87. The molecule has 0 atom stereocenters. The van der Waals surface area contributed by atoms with Crippen molar-refractivity contribution in [1.82, 2.24) is 10.2 Å². The van der Waals surface area contributed by atoms with E-state index in [9.17, 15) is 0 Å². The summed E-state index contributed by atoms with van der Waals surface area (Å²) in [5, 5.41) is 12.7. The normalized spacial score (nSPS) is 11.0. The number of nitrogens with zero attached hydrogens (tertiary/aromatic N) is 1. The lowest BCUT2D eigenvalue weighted by atomic mass is 10.2. The largest absolute Gasteiger partial charge is 0.368 e. The lowest BCUT2D eigenvalue weighted by Crippen LogP contribution is -2.07. The summed E-state index contributed by atoms with van der Waals surface area (Å²) < 4.78 is 0. The molecule has 4 heteroatoms. The van der Waals surface area contributed by atoms with Gasteiger partial charge in [0.1, 0.15) is 5.82 Å². The van der Waals surface area contributed by atoms with E-state index in [4.69, 9.17) is 0 Å². The van der Waals surface area contributed by atoms with Gasteiger partial charge in [0, 0.05) is 12.6 Å². The second-order valence-corrected chi connectivity index (χ2v) is 5.29. The second-order valence-electron chi connectivity index (χ2n) is 4.37. The minimum Gasteiger partial charge on any atom is -0.368 e. The fourth-order valence-electron chi connectivity index (χ4n) is 1.49. The number of nitrogens with one attached hydrogen (secondary N) is 2. The summed E-state index contributed by atoms with van der Waals surface area (Å²) in [5.41, 5.74) is 2.39. The third-order valence-electron chi connectivity index (χ3n) is 2.38. The Kier molecular flexibility index (Phi) is 3.29. The molecular formula is C12H17N3S. The molecule has 0 unspecified atom stereocenters. The van der Waals surface area contributed by atoms with Crippen molar-refractivity contribution < 1.29 is 0 Å². The fourth-order valence-corrected chi connectivity index (χ4v) is 2.38. The Labute approximate surface area is 99.9 Å². The van der Waals surface area contributed by atoms with E-state index < -0.39 is 0 Å². The summed E-state index contributed by atoms with van der Waals surface area (Å²) in [4.78, 5) is 1.27. The maximum absolute atomic E-state index is 4.26. The van der Waals surface area contributed by atoms with Crippen molar-refractivity contribution in [3.63, 3.8) is 0 Å². The molecule has 0 amide bonds. The Morgan fingerprint density at radius 3 is 2.94 bits per heavy atom. The Bertz CT molecular complexity index is 456. The van der Waals surface area contributed by atoms with Crippen LogP contribution in [0, 0.1) is 12.8 Å². The van der Waals surface area contributed by atoms with Gasteiger partial charge < -0.3 is 5.32 Å². The van der Waals surface area contributed by atoms with Crippen LogP contribution in [0.15, 0.2) is 17.5 Å². The monoisotopic (exact) mass is 235 g/mol. The highest BCUT2D eigenvalue weighted by molar-refractivity contribution is 7.13. The summed E-state index contributed by atoms with van der Waals surface area (Å²) >= 11 is 1.74. The van der Waals surface area contributed by atoms with Gasteiger partial charge in [0.15, 0.2) is 0 Å². The molecule has 2 aromatic rings. The molecule has 2 aromatic heterocycles. The molecule has 0 spiro atoms. The van der Waals surface area contributed by atoms with E-state index in [2.05, 4.69) is 53.8 Å². The number of aryl methyl sites for hydroxylation is 1. The van der Waals surface area contributed by atoms with Gasteiger partial charge in [-0.15, -0.1) is 11.3 Å². The molecule has 2 N–H and O–H groups in total. The van der Waals surface area contributed by atoms with E-state index in [-0.39, 0.29) is 0 Å². The molecule has 0 aliphatic carbocycles. The van der Waals surface area contributed by atoms with Crippen LogP contribution in [0.5, 0.6) is 0 Å². The minimum atomic E-state index is 0.628. The molecule has 0 fully saturated rings. The second kappa shape index (κ2) is 4.70. The average molecular weight is 235 g/mol. The Balaban J connectivity index is 2.11. The maximum atomic E-state index is 4.26. The molecular weight excluding hydrogens is 218 g/mol. The molecule has 0 aliphatic heterocycles. The molecule has 16 heavy (non-hydrogen) atoms. The third-order valence-corrected chi connectivity index (χ3v) is 3.43. The maximum Gasteiger partial charge on any atom is 0.148 e. The van der Waals surface area contributed by atoms with Gasteiger partial charge in [-0.25, -0.2) is 0 Å². The first-order chi connectivity index (χ1) is 7.66. The third kappa shape index (κ3) is 2.44. The van der Waals surface area contributed by atoms with Crippen molar-refractivity contribution >= 4 is 17.2 Å². The molecule has 0 aromatic carbocycles. The molecule has 0 saturated carbocycles. The van der Waals surface area contributed by atoms with E-state index >= 15 is 0 Å². The van der Waals surface area contributed by atoms with Gasteiger partial charge in [-0.05, 0) is 29.9 Å². The van der Waals surface area contributed by atoms with Gasteiger partial charge in [0.2, 0.25) is 0 Å². The van der Waals surface area contributed by atoms with Crippen molar-refractivity contribution in [1.29, 1.82) is 0 Å². The molecule has 2 heterocycles. The number of hydrogen-bond acceptors (Lipinski definition) is 3. The Morgan fingerprint density at radius 1 is 1.50 bits per heavy atom. The summed E-state index contributed by atoms with van der Waals surface area (Å²) in [6.45, 7) is 7.44. The van der Waals surface area contributed by atoms with E-state index in [0.29, 0.717) is 5.92 Å². The van der Waals surface area contributed by atoms with Crippen molar-refractivity contribution in [2.75, 3.05) is 11.9 Å². The highest BCUT2D eigenvalue weighted by Gasteiger charge is 2.07. The van der Waals surface area contributed by atoms with Gasteiger partial charge in [-0.3, -0.25) is 5.10 Å². The van der Waals surface area contributed by atoms with Crippen molar-refractivity contribution in [2.24, 2.45) is 5.92 Å². The SMILES string of the molecule is Cc1ccsc1-c1cc(NCC(C)C)n[nH]1. The van der Waals surface area contributed by atoms with Crippen LogP contribution in [0.25, 0.3) is 10.6 Å². The molecule has 0 saturated heterocycles. The van der Waals surface area contributed by atoms with E-state index in [1.165, 1.54) is 10.4 Å². The number of aromatic nitrogens is 2. The topological polar surface area (TPSA) is 40.7 Å². The van der Waals surface area contributed by atoms with Crippen LogP contribution in [0.2, 0.25) is 0 Å². The number of H-pyrrole nitrogens is 1. The smallest absolute Gasteiger partial charge is 0.148 e. The number of aromatic amines is 1. The number of thiophene rings is 1. The van der Waals surface area contributed by atoms with Crippen LogP contribution >= 0.6 is 11.3 Å². The predicted molar refractivity (Wildman–Crippen MR) is 70.0 cm³/mol. The molecule has 0 aliphatic rings.